The van der Waals surface area contributed by atoms with Crippen LogP contribution in [0, 0.1) is 6.92 Å². The SMILES string of the molecule is Cc1nc(-c2ccc(OCCCN3CCC[C@@H]3C)cc2)sc1C(=O)N1CCOCC1. The molecule has 1 amide bonds. The van der Waals surface area contributed by atoms with Crippen molar-refractivity contribution in [1.82, 2.24) is 14.8 Å². The van der Waals surface area contributed by atoms with Crippen molar-refractivity contribution < 1.29 is 14.3 Å². The van der Waals surface area contributed by atoms with Crippen LogP contribution in [-0.2, 0) is 4.74 Å². The second kappa shape index (κ2) is 9.90. The van der Waals surface area contributed by atoms with E-state index in [1.807, 2.05) is 36.1 Å². The number of likely N-dealkylation sites (tertiary alicyclic amines) is 1. The van der Waals surface area contributed by atoms with Gasteiger partial charge in [0, 0.05) is 31.2 Å². The highest BCUT2D eigenvalue weighted by Gasteiger charge is 2.23. The predicted octanol–water partition coefficient (Wildman–Crippen LogP) is 3.84. The van der Waals surface area contributed by atoms with Gasteiger partial charge >= 0.3 is 0 Å². The van der Waals surface area contributed by atoms with Gasteiger partial charge in [-0.15, -0.1) is 11.3 Å². The minimum atomic E-state index is 0.0619. The van der Waals surface area contributed by atoms with E-state index in [-0.39, 0.29) is 5.91 Å². The van der Waals surface area contributed by atoms with Gasteiger partial charge in [0.05, 0.1) is 25.5 Å². The number of ether oxygens (including phenoxy) is 2. The van der Waals surface area contributed by atoms with Crippen LogP contribution in [0.25, 0.3) is 10.6 Å². The topological polar surface area (TPSA) is 54.9 Å². The Bertz CT molecular complexity index is 846. The highest BCUT2D eigenvalue weighted by Crippen LogP contribution is 2.30. The van der Waals surface area contributed by atoms with Crippen LogP contribution in [0.2, 0.25) is 0 Å². The zero-order chi connectivity index (χ0) is 20.9. The van der Waals surface area contributed by atoms with E-state index in [0.29, 0.717) is 32.3 Å². The first-order valence-electron chi connectivity index (χ1n) is 10.9. The highest BCUT2D eigenvalue weighted by molar-refractivity contribution is 7.17. The molecule has 0 radical (unpaired) electrons. The van der Waals surface area contributed by atoms with E-state index in [4.69, 9.17) is 9.47 Å². The number of aryl methyl sites for hydroxylation is 1. The first kappa shape index (κ1) is 21.3. The van der Waals surface area contributed by atoms with Crippen LogP contribution in [0.5, 0.6) is 5.75 Å². The Morgan fingerprint density at radius 2 is 2.00 bits per heavy atom. The lowest BCUT2D eigenvalue weighted by Crippen LogP contribution is -2.40. The number of hydrogen-bond donors (Lipinski definition) is 0. The van der Waals surface area contributed by atoms with Gasteiger partial charge in [0.25, 0.3) is 5.91 Å². The van der Waals surface area contributed by atoms with E-state index in [0.717, 1.165) is 46.5 Å². The van der Waals surface area contributed by atoms with Crippen molar-refractivity contribution in [3.8, 4) is 16.3 Å². The van der Waals surface area contributed by atoms with Crippen LogP contribution in [0.3, 0.4) is 0 Å². The molecular weight excluding hydrogens is 398 g/mol. The number of amides is 1. The lowest BCUT2D eigenvalue weighted by molar-refractivity contribution is 0.0305. The molecule has 3 heterocycles. The first-order chi connectivity index (χ1) is 14.6. The Morgan fingerprint density at radius 3 is 2.70 bits per heavy atom. The van der Waals surface area contributed by atoms with E-state index in [2.05, 4.69) is 16.8 Å². The van der Waals surface area contributed by atoms with Crippen LogP contribution in [0.15, 0.2) is 24.3 Å². The predicted molar refractivity (Wildman–Crippen MR) is 119 cm³/mol. The molecule has 1 aromatic carbocycles. The van der Waals surface area contributed by atoms with E-state index in [9.17, 15) is 4.79 Å². The summed E-state index contributed by atoms with van der Waals surface area (Å²) in [6.45, 7) is 9.79. The number of morpholine rings is 1. The average molecular weight is 430 g/mol. The van der Waals surface area contributed by atoms with Crippen molar-refractivity contribution in [3.63, 3.8) is 0 Å². The fourth-order valence-corrected chi connectivity index (χ4v) is 5.14. The van der Waals surface area contributed by atoms with Crippen molar-refractivity contribution in [3.05, 3.63) is 34.8 Å². The number of hydrogen-bond acceptors (Lipinski definition) is 6. The van der Waals surface area contributed by atoms with Gasteiger partial charge in [-0.05, 0) is 63.9 Å². The molecule has 1 atom stereocenters. The van der Waals surface area contributed by atoms with Gasteiger partial charge < -0.3 is 19.3 Å². The van der Waals surface area contributed by atoms with E-state index in [1.165, 1.54) is 30.7 Å². The summed E-state index contributed by atoms with van der Waals surface area (Å²) >= 11 is 1.47. The van der Waals surface area contributed by atoms with Crippen LogP contribution >= 0.6 is 11.3 Å². The Morgan fingerprint density at radius 1 is 1.23 bits per heavy atom. The molecule has 2 aromatic rings. The molecule has 0 unspecified atom stereocenters. The lowest BCUT2D eigenvalue weighted by Gasteiger charge is -2.26. The monoisotopic (exact) mass is 429 g/mol. The number of thiazole rings is 1. The quantitative estimate of drug-likeness (QED) is 0.626. The summed E-state index contributed by atoms with van der Waals surface area (Å²) in [5, 5.41) is 0.874. The molecule has 4 rings (SSSR count). The highest BCUT2D eigenvalue weighted by atomic mass is 32.1. The fourth-order valence-electron chi connectivity index (χ4n) is 4.10. The summed E-state index contributed by atoms with van der Waals surface area (Å²) < 4.78 is 11.3. The van der Waals surface area contributed by atoms with Gasteiger partial charge in [0.2, 0.25) is 0 Å². The van der Waals surface area contributed by atoms with Crippen molar-refractivity contribution >= 4 is 17.2 Å². The molecule has 2 fully saturated rings. The molecule has 0 spiro atoms. The molecule has 7 heteroatoms. The zero-order valence-corrected chi connectivity index (χ0v) is 18.7. The van der Waals surface area contributed by atoms with Crippen LogP contribution in [0.1, 0.15) is 41.6 Å². The number of nitrogens with zero attached hydrogens (tertiary/aromatic N) is 3. The molecule has 0 saturated carbocycles. The maximum Gasteiger partial charge on any atom is 0.266 e. The Labute approximate surface area is 182 Å². The summed E-state index contributed by atoms with van der Waals surface area (Å²) in [5.41, 5.74) is 1.81. The molecule has 6 nitrogen and oxygen atoms in total. The molecule has 2 saturated heterocycles. The number of rotatable bonds is 7. The third-order valence-corrected chi connectivity index (χ3v) is 7.13. The summed E-state index contributed by atoms with van der Waals surface area (Å²) in [5.74, 6) is 0.943. The standard InChI is InChI=1S/C23H31N3O3S/c1-17-5-3-10-25(17)11-4-14-29-20-8-6-19(7-9-20)22-24-18(2)21(30-22)23(27)26-12-15-28-16-13-26/h6-9,17H,3-5,10-16H2,1-2H3/t17-/m0/s1. The summed E-state index contributed by atoms with van der Waals surface area (Å²) in [6, 6.07) is 8.76. The summed E-state index contributed by atoms with van der Waals surface area (Å²) in [6.07, 6.45) is 3.68. The van der Waals surface area contributed by atoms with Gasteiger partial charge in [-0.25, -0.2) is 4.98 Å². The summed E-state index contributed by atoms with van der Waals surface area (Å²) in [4.78, 5) is 22.6. The van der Waals surface area contributed by atoms with Crippen molar-refractivity contribution in [2.45, 2.75) is 39.2 Å². The van der Waals surface area contributed by atoms with Gasteiger partial charge in [0.1, 0.15) is 15.6 Å². The van der Waals surface area contributed by atoms with Crippen LogP contribution < -0.4 is 4.74 Å². The van der Waals surface area contributed by atoms with Crippen LogP contribution in [0.4, 0.5) is 0 Å². The maximum atomic E-state index is 12.8. The van der Waals surface area contributed by atoms with Crippen LogP contribution in [-0.4, -0.2) is 72.7 Å². The van der Waals surface area contributed by atoms with E-state index < -0.39 is 0 Å². The van der Waals surface area contributed by atoms with Crippen molar-refractivity contribution in [2.24, 2.45) is 0 Å². The maximum absolute atomic E-state index is 12.8. The second-order valence-electron chi connectivity index (χ2n) is 8.09. The lowest BCUT2D eigenvalue weighted by atomic mass is 10.2. The molecule has 0 N–H and O–H groups in total. The zero-order valence-electron chi connectivity index (χ0n) is 17.9. The van der Waals surface area contributed by atoms with Gasteiger partial charge in [0.15, 0.2) is 0 Å². The molecule has 162 valence electrons. The van der Waals surface area contributed by atoms with E-state index >= 15 is 0 Å². The van der Waals surface area contributed by atoms with Gasteiger partial charge in [-0.2, -0.15) is 0 Å². The Hall–Kier alpha value is -1.96. The largest absolute Gasteiger partial charge is 0.494 e. The molecule has 2 aliphatic heterocycles. The number of benzene rings is 1. The minimum absolute atomic E-state index is 0.0619. The average Bonchev–Trinajstić information content (AvgIpc) is 3.37. The van der Waals surface area contributed by atoms with Crippen molar-refractivity contribution in [1.29, 1.82) is 0 Å². The normalized spacial score (nSPS) is 19.9. The third kappa shape index (κ3) is 5.02. The Kier molecular flexibility index (Phi) is 7.02. The van der Waals surface area contributed by atoms with Gasteiger partial charge in [-0.1, -0.05) is 0 Å². The molecule has 0 bridgehead atoms. The molecule has 1 aromatic heterocycles. The number of carbonyl (C=O) groups excluding carboxylic acids is 1. The molecule has 2 aliphatic rings. The summed E-state index contributed by atoms with van der Waals surface area (Å²) in [7, 11) is 0. The number of aromatic nitrogens is 1. The molecular formula is C23H31N3O3S. The fraction of sp³-hybridized carbons (Fsp3) is 0.565. The molecule has 0 aliphatic carbocycles. The van der Waals surface area contributed by atoms with E-state index in [1.54, 1.807) is 0 Å². The molecule has 30 heavy (non-hydrogen) atoms. The number of carbonyl (C=O) groups is 1. The smallest absolute Gasteiger partial charge is 0.266 e. The van der Waals surface area contributed by atoms with Gasteiger partial charge in [-0.3, -0.25) is 4.79 Å². The Balaban J connectivity index is 1.32. The second-order valence-corrected chi connectivity index (χ2v) is 9.09. The minimum Gasteiger partial charge on any atom is -0.494 e. The van der Waals surface area contributed by atoms with Crippen molar-refractivity contribution in [2.75, 3.05) is 46.0 Å². The first-order valence-corrected chi connectivity index (χ1v) is 11.7. The third-order valence-electron chi connectivity index (χ3n) is 5.94.